The molecule has 0 saturated heterocycles. The minimum Gasteiger partial charge on any atom is -0.497 e. The lowest BCUT2D eigenvalue weighted by Gasteiger charge is -2.02. The van der Waals surface area contributed by atoms with Crippen LogP contribution in [0.3, 0.4) is 0 Å². The Kier molecular flexibility index (Phi) is 3.77. The number of ketones is 1. The Labute approximate surface area is 106 Å². The van der Waals surface area contributed by atoms with Gasteiger partial charge in [-0.2, -0.15) is 5.10 Å². The molecule has 1 aromatic heterocycles. The molecule has 0 atom stereocenters. The zero-order chi connectivity index (χ0) is 13.0. The van der Waals surface area contributed by atoms with Crippen LogP contribution in [0.4, 0.5) is 0 Å². The maximum atomic E-state index is 12.0. The normalized spacial score (nSPS) is 10.3. The van der Waals surface area contributed by atoms with Crippen molar-refractivity contribution in [2.45, 2.75) is 19.9 Å². The van der Waals surface area contributed by atoms with Gasteiger partial charge < -0.3 is 4.74 Å². The maximum Gasteiger partial charge on any atom is 0.167 e. The summed E-state index contributed by atoms with van der Waals surface area (Å²) in [7, 11) is 1.61. The van der Waals surface area contributed by atoms with E-state index in [1.165, 1.54) is 0 Å². The third-order valence-corrected chi connectivity index (χ3v) is 2.79. The number of ether oxygens (including phenoxy) is 1. The van der Waals surface area contributed by atoms with Crippen LogP contribution in [-0.2, 0) is 13.0 Å². The monoisotopic (exact) mass is 244 g/mol. The molecule has 1 heterocycles. The highest BCUT2D eigenvalue weighted by Gasteiger charge is 2.08. The first-order chi connectivity index (χ1) is 8.72. The summed E-state index contributed by atoms with van der Waals surface area (Å²) in [5.74, 6) is 0.846. The molecule has 0 spiro atoms. The van der Waals surface area contributed by atoms with E-state index in [2.05, 4.69) is 5.10 Å². The SMILES string of the molecule is CCn1cc(CC(=O)c2ccc(OC)cc2)cn1. The fraction of sp³-hybridized carbons (Fsp3) is 0.286. The summed E-state index contributed by atoms with van der Waals surface area (Å²) in [6.07, 6.45) is 4.03. The number of hydrogen-bond acceptors (Lipinski definition) is 3. The fourth-order valence-electron chi connectivity index (χ4n) is 1.73. The minimum absolute atomic E-state index is 0.0910. The Bertz CT molecular complexity index is 529. The summed E-state index contributed by atoms with van der Waals surface area (Å²) in [5, 5.41) is 4.15. The predicted octanol–water partition coefficient (Wildman–Crippen LogP) is 2.34. The third kappa shape index (κ3) is 2.77. The summed E-state index contributed by atoms with van der Waals surface area (Å²) in [6, 6.07) is 7.15. The average molecular weight is 244 g/mol. The molecular weight excluding hydrogens is 228 g/mol. The van der Waals surface area contributed by atoms with E-state index in [0.29, 0.717) is 12.0 Å². The van der Waals surface area contributed by atoms with Crippen molar-refractivity contribution in [2.75, 3.05) is 7.11 Å². The van der Waals surface area contributed by atoms with E-state index in [1.54, 1.807) is 37.6 Å². The first kappa shape index (κ1) is 12.4. The molecule has 0 aliphatic carbocycles. The van der Waals surface area contributed by atoms with E-state index in [9.17, 15) is 4.79 Å². The largest absolute Gasteiger partial charge is 0.497 e. The number of aryl methyl sites for hydroxylation is 1. The summed E-state index contributed by atoms with van der Waals surface area (Å²) in [5.41, 5.74) is 1.64. The standard InChI is InChI=1S/C14H16N2O2/c1-3-16-10-11(9-15-16)8-14(17)12-4-6-13(18-2)7-5-12/h4-7,9-10H,3,8H2,1-2H3. The molecule has 2 rings (SSSR count). The number of hydrogen-bond donors (Lipinski definition) is 0. The number of benzene rings is 1. The van der Waals surface area contributed by atoms with Crippen molar-refractivity contribution < 1.29 is 9.53 Å². The lowest BCUT2D eigenvalue weighted by Crippen LogP contribution is -2.02. The topological polar surface area (TPSA) is 44.1 Å². The summed E-state index contributed by atoms with van der Waals surface area (Å²) < 4.78 is 6.88. The van der Waals surface area contributed by atoms with Gasteiger partial charge in [-0.15, -0.1) is 0 Å². The van der Waals surface area contributed by atoms with Gasteiger partial charge >= 0.3 is 0 Å². The molecule has 4 nitrogen and oxygen atoms in total. The molecule has 0 bridgehead atoms. The van der Waals surface area contributed by atoms with Gasteiger partial charge in [-0.25, -0.2) is 0 Å². The van der Waals surface area contributed by atoms with Gasteiger partial charge in [-0.1, -0.05) is 0 Å². The molecule has 0 aliphatic rings. The maximum absolute atomic E-state index is 12.0. The lowest BCUT2D eigenvalue weighted by molar-refractivity contribution is 0.0993. The molecular formula is C14H16N2O2. The van der Waals surface area contributed by atoms with Crippen molar-refractivity contribution in [1.29, 1.82) is 0 Å². The number of methoxy groups -OCH3 is 1. The second-order valence-corrected chi connectivity index (χ2v) is 4.03. The zero-order valence-electron chi connectivity index (χ0n) is 10.6. The van der Waals surface area contributed by atoms with E-state index in [0.717, 1.165) is 17.9 Å². The van der Waals surface area contributed by atoms with Crippen LogP contribution < -0.4 is 4.74 Å². The van der Waals surface area contributed by atoms with E-state index in [-0.39, 0.29) is 5.78 Å². The number of nitrogens with zero attached hydrogens (tertiary/aromatic N) is 2. The Morgan fingerprint density at radius 3 is 2.61 bits per heavy atom. The second-order valence-electron chi connectivity index (χ2n) is 4.03. The van der Waals surface area contributed by atoms with Crippen molar-refractivity contribution in [1.82, 2.24) is 9.78 Å². The Morgan fingerprint density at radius 2 is 2.06 bits per heavy atom. The van der Waals surface area contributed by atoms with Gasteiger partial charge in [0.15, 0.2) is 5.78 Å². The average Bonchev–Trinajstić information content (AvgIpc) is 2.86. The van der Waals surface area contributed by atoms with Crippen molar-refractivity contribution in [3.05, 3.63) is 47.8 Å². The highest BCUT2D eigenvalue weighted by Crippen LogP contribution is 2.13. The molecule has 0 radical (unpaired) electrons. The lowest BCUT2D eigenvalue weighted by atomic mass is 10.1. The van der Waals surface area contributed by atoms with E-state index >= 15 is 0 Å². The molecule has 2 aromatic rings. The third-order valence-electron chi connectivity index (χ3n) is 2.79. The smallest absolute Gasteiger partial charge is 0.167 e. The zero-order valence-corrected chi connectivity index (χ0v) is 10.6. The van der Waals surface area contributed by atoms with Crippen LogP contribution in [0.2, 0.25) is 0 Å². The van der Waals surface area contributed by atoms with Crippen molar-refractivity contribution in [3.8, 4) is 5.75 Å². The van der Waals surface area contributed by atoms with Gasteiger partial charge in [0, 0.05) is 24.7 Å². The van der Waals surface area contributed by atoms with Gasteiger partial charge in [0.2, 0.25) is 0 Å². The number of aromatic nitrogens is 2. The van der Waals surface area contributed by atoms with Crippen LogP contribution in [0.15, 0.2) is 36.7 Å². The molecule has 18 heavy (non-hydrogen) atoms. The Morgan fingerprint density at radius 1 is 1.33 bits per heavy atom. The van der Waals surface area contributed by atoms with Crippen LogP contribution in [0, 0.1) is 0 Å². The van der Waals surface area contributed by atoms with Crippen LogP contribution >= 0.6 is 0 Å². The summed E-state index contributed by atoms with van der Waals surface area (Å²) in [6.45, 7) is 2.83. The van der Waals surface area contributed by atoms with Gasteiger partial charge in [0.25, 0.3) is 0 Å². The summed E-state index contributed by atoms with van der Waals surface area (Å²) in [4.78, 5) is 12.0. The molecule has 0 fully saturated rings. The van der Waals surface area contributed by atoms with Crippen LogP contribution in [0.1, 0.15) is 22.8 Å². The molecule has 4 heteroatoms. The second kappa shape index (κ2) is 5.49. The van der Waals surface area contributed by atoms with Crippen LogP contribution in [0.25, 0.3) is 0 Å². The van der Waals surface area contributed by atoms with Crippen LogP contribution in [0.5, 0.6) is 5.75 Å². The number of carbonyl (C=O) groups is 1. The molecule has 0 saturated carbocycles. The predicted molar refractivity (Wildman–Crippen MR) is 68.9 cm³/mol. The van der Waals surface area contributed by atoms with E-state index < -0.39 is 0 Å². The van der Waals surface area contributed by atoms with Crippen molar-refractivity contribution >= 4 is 5.78 Å². The van der Waals surface area contributed by atoms with Crippen LogP contribution in [-0.4, -0.2) is 22.7 Å². The molecule has 94 valence electrons. The minimum atomic E-state index is 0.0910. The molecule has 0 aliphatic heterocycles. The number of Topliss-reactive ketones (excluding diaryl/α,β-unsaturated/α-hetero) is 1. The van der Waals surface area contributed by atoms with E-state index in [4.69, 9.17) is 4.74 Å². The first-order valence-corrected chi connectivity index (χ1v) is 5.91. The highest BCUT2D eigenvalue weighted by molar-refractivity contribution is 5.97. The van der Waals surface area contributed by atoms with Gasteiger partial charge in [0.1, 0.15) is 5.75 Å². The highest BCUT2D eigenvalue weighted by atomic mass is 16.5. The number of carbonyl (C=O) groups excluding carboxylic acids is 1. The Balaban J connectivity index is 2.06. The number of rotatable bonds is 5. The van der Waals surface area contributed by atoms with Gasteiger partial charge in [-0.3, -0.25) is 9.48 Å². The molecule has 0 unspecified atom stereocenters. The first-order valence-electron chi connectivity index (χ1n) is 5.91. The Hall–Kier alpha value is -2.10. The van der Waals surface area contributed by atoms with E-state index in [1.807, 2.05) is 17.8 Å². The molecule has 1 aromatic carbocycles. The molecule has 0 N–H and O–H groups in total. The summed E-state index contributed by atoms with van der Waals surface area (Å²) >= 11 is 0. The van der Waals surface area contributed by atoms with Gasteiger partial charge in [0.05, 0.1) is 13.3 Å². The van der Waals surface area contributed by atoms with Gasteiger partial charge in [-0.05, 0) is 36.8 Å². The molecule has 0 amide bonds. The van der Waals surface area contributed by atoms with Crippen molar-refractivity contribution in [3.63, 3.8) is 0 Å². The van der Waals surface area contributed by atoms with Crippen molar-refractivity contribution in [2.24, 2.45) is 0 Å². The fourth-order valence-corrected chi connectivity index (χ4v) is 1.73. The quantitative estimate of drug-likeness (QED) is 0.758.